The lowest BCUT2D eigenvalue weighted by Crippen LogP contribution is -2.21. The monoisotopic (exact) mass is 488 g/mol. The van der Waals surface area contributed by atoms with Crippen LogP contribution in [0, 0.1) is 48.3 Å². The van der Waals surface area contributed by atoms with Gasteiger partial charge in [-0.25, -0.2) is 25.0 Å². The fourth-order valence-electron chi connectivity index (χ4n) is 2.71. The maximum Gasteiger partial charge on any atom is 0.339 e. The van der Waals surface area contributed by atoms with Crippen LogP contribution in [0.3, 0.4) is 0 Å². The average molecular weight is 488 g/mol. The van der Waals surface area contributed by atoms with E-state index >= 15 is 0 Å². The van der Waals surface area contributed by atoms with Crippen LogP contribution in [0.25, 0.3) is 21.1 Å². The van der Waals surface area contributed by atoms with Crippen LogP contribution in [0.15, 0.2) is 41.3 Å². The van der Waals surface area contributed by atoms with Gasteiger partial charge in [0.25, 0.3) is 21.5 Å². The molecule has 0 fully saturated rings. The molecule has 2 rings (SSSR count). The molecular formula is C23H12N4O7S. The molecule has 0 aliphatic carbocycles. The maximum absolute atomic E-state index is 12.3. The van der Waals surface area contributed by atoms with Crippen LogP contribution in [0.1, 0.15) is 10.4 Å². The van der Waals surface area contributed by atoms with Crippen molar-refractivity contribution in [1.29, 1.82) is 10.5 Å². The van der Waals surface area contributed by atoms with Crippen molar-refractivity contribution >= 4 is 27.5 Å². The number of terminal acetylenes is 1. The highest BCUT2D eigenvalue weighted by Crippen LogP contribution is 2.16. The summed E-state index contributed by atoms with van der Waals surface area (Å²) >= 11 is 0. The van der Waals surface area contributed by atoms with E-state index in [-0.39, 0.29) is 28.5 Å². The first-order valence-corrected chi connectivity index (χ1v) is 10.6. The van der Waals surface area contributed by atoms with Gasteiger partial charge in [0.15, 0.2) is 0 Å². The summed E-state index contributed by atoms with van der Waals surface area (Å²) in [6.07, 6.45) is 7.04. The Kier molecular flexibility index (Phi) is 8.53. The van der Waals surface area contributed by atoms with Crippen LogP contribution < -0.4 is 19.9 Å². The summed E-state index contributed by atoms with van der Waals surface area (Å²) in [7, 11) is -4.67. The van der Waals surface area contributed by atoms with Crippen molar-refractivity contribution < 1.29 is 32.0 Å². The molecule has 0 heterocycles. The smallest absolute Gasteiger partial charge is 0.339 e. The first kappa shape index (κ1) is 25.9. The second-order valence-electron chi connectivity index (χ2n) is 6.16. The second-order valence-corrected chi connectivity index (χ2v) is 7.55. The van der Waals surface area contributed by atoms with Gasteiger partial charge < -0.3 is 14.2 Å². The Morgan fingerprint density at radius 2 is 1.60 bits per heavy atom. The van der Waals surface area contributed by atoms with E-state index in [4.69, 9.17) is 33.8 Å². The Morgan fingerprint density at radius 1 is 1.03 bits per heavy atom. The van der Waals surface area contributed by atoms with E-state index in [1.807, 2.05) is 6.11 Å². The first-order chi connectivity index (χ1) is 16.7. The van der Waals surface area contributed by atoms with E-state index in [0.717, 1.165) is 18.2 Å². The molecule has 35 heavy (non-hydrogen) atoms. The molecular weight excluding hydrogens is 476 g/mol. The molecule has 0 aromatic heterocycles. The molecule has 12 heteroatoms. The zero-order chi connectivity index (χ0) is 26.0. The molecule has 2 aromatic rings. The fourth-order valence-corrected chi connectivity index (χ4v) is 3.39. The summed E-state index contributed by atoms with van der Waals surface area (Å²) in [5.74, 6) is -1.30. The highest BCUT2D eigenvalue weighted by atomic mass is 32.2. The molecule has 0 aliphatic rings. The van der Waals surface area contributed by atoms with Gasteiger partial charge in [-0.3, -0.25) is 4.55 Å². The maximum atomic E-state index is 12.3. The van der Waals surface area contributed by atoms with Crippen LogP contribution in [0.2, 0.25) is 0 Å². The largest absolute Gasteiger partial charge is 0.491 e. The zero-order valence-electron chi connectivity index (χ0n) is 17.5. The van der Waals surface area contributed by atoms with Gasteiger partial charge in [0.05, 0.1) is 30.8 Å². The van der Waals surface area contributed by atoms with Crippen LogP contribution in [0.4, 0.5) is 0 Å². The summed E-state index contributed by atoms with van der Waals surface area (Å²) in [6, 6.07) is 10.6. The van der Waals surface area contributed by atoms with Crippen LogP contribution >= 0.6 is 0 Å². The fraction of sp³-hybridized carbons (Fsp3) is 0.0870. The minimum Gasteiger partial charge on any atom is -0.491 e. The van der Waals surface area contributed by atoms with E-state index < -0.39 is 44.5 Å². The number of hydrogen-bond donors (Lipinski definition) is 1. The van der Waals surface area contributed by atoms with Crippen LogP contribution in [-0.2, 0) is 14.9 Å². The number of hydrogen-bond acceptors (Lipinski definition) is 8. The molecule has 172 valence electrons. The predicted octanol–water partition coefficient (Wildman–Crippen LogP) is 1.24. The number of carbonyl (C=O) groups excluding carboxylic acids is 1. The molecule has 1 N–H and O–H groups in total. The third kappa shape index (κ3) is 6.14. The van der Waals surface area contributed by atoms with E-state index in [9.17, 15) is 28.3 Å². The van der Waals surface area contributed by atoms with E-state index in [0.29, 0.717) is 0 Å². The summed E-state index contributed by atoms with van der Waals surface area (Å²) in [5, 5.41) is 18.4. The highest BCUT2D eigenvalue weighted by molar-refractivity contribution is 7.86. The molecule has 0 atom stereocenters. The Hall–Kier alpha value is -5.32. The quantitative estimate of drug-likeness (QED) is 0.199. The van der Waals surface area contributed by atoms with E-state index in [2.05, 4.69) is 9.69 Å². The van der Waals surface area contributed by atoms with Crippen LogP contribution in [-0.4, -0.2) is 32.2 Å². The van der Waals surface area contributed by atoms with Crippen molar-refractivity contribution in [3.8, 4) is 36.2 Å². The van der Waals surface area contributed by atoms with Crippen molar-refractivity contribution in [3.63, 3.8) is 0 Å². The number of esters is 1. The van der Waals surface area contributed by atoms with Gasteiger partial charge in [-0.2, -0.15) is 8.42 Å². The average Bonchev–Trinajstić information content (AvgIpc) is 2.84. The highest BCUT2D eigenvalue weighted by Gasteiger charge is 2.21. The number of rotatable bonds is 7. The molecule has 0 saturated carbocycles. The molecule has 2 aromatic carbocycles. The Morgan fingerprint density at radius 3 is 2.14 bits per heavy atom. The molecule has 0 amide bonds. The first-order valence-electron chi connectivity index (χ1n) is 9.18. The lowest BCUT2D eigenvalue weighted by molar-refractivity contribution is 0.0445. The lowest BCUT2D eigenvalue weighted by Gasteiger charge is -2.11. The van der Waals surface area contributed by atoms with Gasteiger partial charge >= 0.3 is 5.97 Å². The molecule has 0 spiro atoms. The van der Waals surface area contributed by atoms with E-state index in [1.54, 1.807) is 12.1 Å². The van der Waals surface area contributed by atoms with Crippen molar-refractivity contribution in [2.75, 3.05) is 13.2 Å². The number of nitriles is 2. The Labute approximate surface area is 199 Å². The minimum atomic E-state index is -4.67. The summed E-state index contributed by atoms with van der Waals surface area (Å²) < 4.78 is 47.7. The molecule has 0 bridgehead atoms. The van der Waals surface area contributed by atoms with Crippen LogP contribution in [0.5, 0.6) is 11.5 Å². The van der Waals surface area contributed by atoms with Gasteiger partial charge in [0.1, 0.15) is 35.7 Å². The molecule has 0 radical (unpaired) electrons. The standard InChI is InChI=1S/C23H12N4O7S/c1-4-32-20-11-17(19(14-25)27-3)21(12-16(20)18(13-24)26-2)33-9-10-34-23(28)15-7-5-6-8-22(15)35(29,30)31/h1,5-8,11-12H,9-10H2,(H,29,30,31). The molecule has 0 saturated heterocycles. The van der Waals surface area contributed by atoms with Crippen molar-refractivity contribution in [2.45, 2.75) is 4.90 Å². The van der Waals surface area contributed by atoms with Crippen molar-refractivity contribution in [2.24, 2.45) is 0 Å². The summed E-state index contributed by atoms with van der Waals surface area (Å²) in [6.45, 7) is 13.6. The van der Waals surface area contributed by atoms with Gasteiger partial charge in [0.2, 0.25) is 0 Å². The number of carbonyl (C=O) groups is 1. The Balaban J connectivity index is 2.41. The third-order valence-electron chi connectivity index (χ3n) is 4.16. The summed E-state index contributed by atoms with van der Waals surface area (Å²) in [4.78, 5) is 17.8. The topological polar surface area (TPSA) is 155 Å². The summed E-state index contributed by atoms with van der Waals surface area (Å²) in [5.41, 5.74) is -1.21. The number of benzene rings is 2. The predicted molar refractivity (Wildman–Crippen MR) is 118 cm³/mol. The third-order valence-corrected chi connectivity index (χ3v) is 5.07. The van der Waals surface area contributed by atoms with Gasteiger partial charge in [-0.15, -0.1) is 0 Å². The van der Waals surface area contributed by atoms with Gasteiger partial charge in [0, 0.05) is 10.4 Å². The SMILES string of the molecule is [C-]#[N+]C(C#N)=c1cc(OCCOC(=O)c2ccccc2S(=O)(=O)O)c(=C(C#N)[N+]#[C-])cc1OC#C. The van der Waals surface area contributed by atoms with Gasteiger partial charge in [-0.1, -0.05) is 18.6 Å². The van der Waals surface area contributed by atoms with Gasteiger partial charge in [-0.05, 0) is 24.3 Å². The second kappa shape index (κ2) is 11.5. The number of ether oxygens (including phenoxy) is 3. The molecule has 0 aliphatic heterocycles. The van der Waals surface area contributed by atoms with Crippen molar-refractivity contribution in [1.82, 2.24) is 0 Å². The minimum absolute atomic E-state index is 0.0539. The number of nitrogens with zero attached hydrogens (tertiary/aromatic N) is 4. The Bertz CT molecular complexity index is 1600. The zero-order valence-corrected chi connectivity index (χ0v) is 18.4. The normalized spacial score (nSPS) is 11.8. The molecule has 11 nitrogen and oxygen atoms in total. The van der Waals surface area contributed by atoms with Crippen molar-refractivity contribution in [3.05, 3.63) is 75.2 Å². The lowest BCUT2D eigenvalue weighted by atomic mass is 10.1. The van der Waals surface area contributed by atoms with E-state index in [1.165, 1.54) is 18.2 Å². The molecule has 0 unspecified atom stereocenters.